The van der Waals surface area contributed by atoms with Crippen molar-refractivity contribution in [3.8, 4) is 0 Å². The predicted molar refractivity (Wildman–Crippen MR) is 71.3 cm³/mol. The maximum Gasteiger partial charge on any atom is 0.0314 e. The van der Waals surface area contributed by atoms with Crippen molar-refractivity contribution in [1.29, 1.82) is 0 Å². The first-order valence-electron chi connectivity index (χ1n) is 4.79. The first-order valence-corrected chi connectivity index (χ1v) is 7.62. The summed E-state index contributed by atoms with van der Waals surface area (Å²) in [6.45, 7) is 2.20. The summed E-state index contributed by atoms with van der Waals surface area (Å²) in [5, 5.41) is 2.10. The molecule has 1 rings (SSSR count). The molecule has 0 bridgehead atoms. The first-order chi connectivity index (χ1) is 6.74. The zero-order valence-electron chi connectivity index (χ0n) is 8.33. The molecule has 0 radical (unpaired) electrons. The van der Waals surface area contributed by atoms with E-state index in [0.29, 0.717) is 6.04 Å². The fraction of sp³-hybridized carbons (Fsp3) is 0.600. The lowest BCUT2D eigenvalue weighted by Gasteiger charge is -2.09. The van der Waals surface area contributed by atoms with E-state index in [1.165, 1.54) is 21.5 Å². The van der Waals surface area contributed by atoms with Gasteiger partial charge in [-0.2, -0.15) is 11.8 Å². The molecule has 0 saturated carbocycles. The van der Waals surface area contributed by atoms with Gasteiger partial charge in [0.25, 0.3) is 0 Å². The van der Waals surface area contributed by atoms with Gasteiger partial charge in [-0.3, -0.25) is 0 Å². The standard InChI is InChI=1S/C10H16BrNS2/c1-2-4-13-7-8(12)6-10-9(11)3-5-14-10/h3,5,8H,2,4,6-7,12H2,1H3. The highest BCUT2D eigenvalue weighted by Gasteiger charge is 2.07. The molecular formula is C10H16BrNS2. The molecule has 0 aromatic carbocycles. The van der Waals surface area contributed by atoms with Crippen molar-refractivity contribution in [2.24, 2.45) is 5.73 Å². The lowest BCUT2D eigenvalue weighted by atomic mass is 10.2. The van der Waals surface area contributed by atoms with Gasteiger partial charge in [0.15, 0.2) is 0 Å². The van der Waals surface area contributed by atoms with Crippen LogP contribution < -0.4 is 5.73 Å². The second kappa shape index (κ2) is 6.88. The van der Waals surface area contributed by atoms with E-state index < -0.39 is 0 Å². The third-order valence-corrected chi connectivity index (χ3v) is 5.13. The summed E-state index contributed by atoms with van der Waals surface area (Å²) >= 11 is 7.26. The normalized spacial score (nSPS) is 13.1. The maximum atomic E-state index is 6.04. The van der Waals surface area contributed by atoms with Crippen LogP contribution in [0.3, 0.4) is 0 Å². The summed E-state index contributed by atoms with van der Waals surface area (Å²) in [6, 6.07) is 2.38. The molecule has 1 aromatic rings. The molecule has 0 aliphatic rings. The number of hydrogen-bond donors (Lipinski definition) is 1. The number of rotatable bonds is 6. The Morgan fingerprint density at radius 2 is 2.43 bits per heavy atom. The van der Waals surface area contributed by atoms with Crippen molar-refractivity contribution in [1.82, 2.24) is 0 Å². The van der Waals surface area contributed by atoms with Crippen LogP contribution >= 0.6 is 39.0 Å². The minimum atomic E-state index is 0.293. The van der Waals surface area contributed by atoms with Crippen molar-refractivity contribution < 1.29 is 0 Å². The van der Waals surface area contributed by atoms with Gasteiger partial charge in [0.2, 0.25) is 0 Å². The van der Waals surface area contributed by atoms with E-state index in [1.54, 1.807) is 11.3 Å². The van der Waals surface area contributed by atoms with E-state index in [0.717, 1.165) is 12.2 Å². The molecule has 14 heavy (non-hydrogen) atoms. The summed E-state index contributed by atoms with van der Waals surface area (Å²) in [6.07, 6.45) is 2.23. The van der Waals surface area contributed by atoms with Crippen LogP contribution in [0.25, 0.3) is 0 Å². The van der Waals surface area contributed by atoms with Crippen molar-refractivity contribution in [2.75, 3.05) is 11.5 Å². The van der Waals surface area contributed by atoms with E-state index >= 15 is 0 Å². The average molecular weight is 294 g/mol. The molecule has 4 heteroatoms. The van der Waals surface area contributed by atoms with Crippen molar-refractivity contribution in [3.63, 3.8) is 0 Å². The highest BCUT2D eigenvalue weighted by molar-refractivity contribution is 9.10. The fourth-order valence-corrected chi connectivity index (χ4v) is 3.63. The number of thioether (sulfide) groups is 1. The smallest absolute Gasteiger partial charge is 0.0314 e. The highest BCUT2D eigenvalue weighted by atomic mass is 79.9. The largest absolute Gasteiger partial charge is 0.327 e. The minimum Gasteiger partial charge on any atom is -0.327 e. The van der Waals surface area contributed by atoms with Gasteiger partial charge in [-0.25, -0.2) is 0 Å². The third kappa shape index (κ3) is 4.34. The minimum absolute atomic E-state index is 0.293. The van der Waals surface area contributed by atoms with Gasteiger partial charge < -0.3 is 5.73 Å². The van der Waals surface area contributed by atoms with E-state index in [-0.39, 0.29) is 0 Å². The van der Waals surface area contributed by atoms with Gasteiger partial charge in [0.05, 0.1) is 0 Å². The molecule has 0 aliphatic heterocycles. The zero-order chi connectivity index (χ0) is 10.4. The molecule has 1 heterocycles. The van der Waals surface area contributed by atoms with Gasteiger partial charge in [0, 0.05) is 21.1 Å². The Balaban J connectivity index is 2.27. The second-order valence-electron chi connectivity index (χ2n) is 3.23. The van der Waals surface area contributed by atoms with E-state index in [2.05, 4.69) is 34.3 Å². The van der Waals surface area contributed by atoms with Gasteiger partial charge in [-0.15, -0.1) is 11.3 Å². The number of thiophene rings is 1. The predicted octanol–water partition coefficient (Wildman–Crippen LogP) is 3.52. The Hall–Kier alpha value is 0.490. The molecular weight excluding hydrogens is 278 g/mol. The zero-order valence-corrected chi connectivity index (χ0v) is 11.6. The Morgan fingerprint density at radius 3 is 3.00 bits per heavy atom. The Bertz CT molecular complexity index is 262. The monoisotopic (exact) mass is 293 g/mol. The van der Waals surface area contributed by atoms with Gasteiger partial charge in [-0.1, -0.05) is 6.92 Å². The van der Waals surface area contributed by atoms with Crippen LogP contribution in [-0.4, -0.2) is 17.5 Å². The quantitative estimate of drug-likeness (QED) is 0.812. The number of halogens is 1. The molecule has 80 valence electrons. The summed E-state index contributed by atoms with van der Waals surface area (Å²) in [5.74, 6) is 2.29. The van der Waals surface area contributed by atoms with Crippen LogP contribution in [0.1, 0.15) is 18.2 Å². The Morgan fingerprint density at radius 1 is 1.64 bits per heavy atom. The summed E-state index contributed by atoms with van der Waals surface area (Å²) in [7, 11) is 0. The van der Waals surface area contributed by atoms with Gasteiger partial charge >= 0.3 is 0 Å². The second-order valence-corrected chi connectivity index (χ2v) is 6.24. The molecule has 1 nitrogen and oxygen atoms in total. The average Bonchev–Trinajstić information content (AvgIpc) is 2.52. The number of nitrogens with two attached hydrogens (primary N) is 1. The molecule has 0 saturated heterocycles. The molecule has 2 N–H and O–H groups in total. The number of hydrogen-bond acceptors (Lipinski definition) is 3. The van der Waals surface area contributed by atoms with Crippen LogP contribution in [0.2, 0.25) is 0 Å². The highest BCUT2D eigenvalue weighted by Crippen LogP contribution is 2.24. The first kappa shape index (κ1) is 12.6. The molecule has 0 fully saturated rings. The van der Waals surface area contributed by atoms with Crippen molar-refractivity contribution in [2.45, 2.75) is 25.8 Å². The van der Waals surface area contributed by atoms with Gasteiger partial charge in [-0.05, 0) is 46.0 Å². The topological polar surface area (TPSA) is 26.0 Å². The Labute approximate surface area is 103 Å². The van der Waals surface area contributed by atoms with Crippen LogP contribution in [0, 0.1) is 0 Å². The van der Waals surface area contributed by atoms with Crippen LogP contribution in [0.15, 0.2) is 15.9 Å². The van der Waals surface area contributed by atoms with Crippen molar-refractivity contribution in [3.05, 3.63) is 20.8 Å². The van der Waals surface area contributed by atoms with Crippen LogP contribution in [0.5, 0.6) is 0 Å². The summed E-state index contributed by atoms with van der Waals surface area (Å²) in [4.78, 5) is 1.37. The lowest BCUT2D eigenvalue weighted by Crippen LogP contribution is -2.25. The third-order valence-electron chi connectivity index (χ3n) is 1.82. The van der Waals surface area contributed by atoms with E-state index in [1.807, 2.05) is 11.8 Å². The molecule has 0 spiro atoms. The fourth-order valence-electron chi connectivity index (χ4n) is 1.15. The van der Waals surface area contributed by atoms with Crippen LogP contribution in [-0.2, 0) is 6.42 Å². The van der Waals surface area contributed by atoms with E-state index in [9.17, 15) is 0 Å². The molecule has 0 aliphatic carbocycles. The van der Waals surface area contributed by atoms with Crippen LogP contribution in [0.4, 0.5) is 0 Å². The van der Waals surface area contributed by atoms with Crippen molar-refractivity contribution >= 4 is 39.0 Å². The molecule has 1 atom stereocenters. The summed E-state index contributed by atoms with van der Waals surface area (Å²) in [5.41, 5.74) is 6.04. The summed E-state index contributed by atoms with van der Waals surface area (Å²) < 4.78 is 1.21. The SMILES string of the molecule is CCCSCC(N)Cc1sccc1Br. The molecule has 1 unspecified atom stereocenters. The lowest BCUT2D eigenvalue weighted by molar-refractivity contribution is 0.755. The van der Waals surface area contributed by atoms with Gasteiger partial charge in [0.1, 0.15) is 0 Å². The molecule has 0 amide bonds. The molecule has 1 aromatic heterocycles. The Kier molecular flexibility index (Phi) is 6.17. The maximum absolute atomic E-state index is 6.04. The van der Waals surface area contributed by atoms with E-state index in [4.69, 9.17) is 5.73 Å².